The van der Waals surface area contributed by atoms with Crippen molar-refractivity contribution < 1.29 is 9.53 Å². The quantitative estimate of drug-likeness (QED) is 0.352. The summed E-state index contributed by atoms with van der Waals surface area (Å²) >= 11 is 0. The Balaban J connectivity index is 2.17. The molecule has 0 bridgehead atoms. The van der Waals surface area contributed by atoms with Crippen molar-refractivity contribution in [2.24, 2.45) is 4.99 Å². The predicted molar refractivity (Wildman–Crippen MR) is 103 cm³/mol. The molecule has 1 heterocycles. The number of guanidine groups is 1. The first-order valence-corrected chi connectivity index (χ1v) is 9.62. The number of amides is 1. The summed E-state index contributed by atoms with van der Waals surface area (Å²) in [5.74, 6) is 0.844. The standard InChI is InChI=1S/C18H37N5O2/c1-5-19-16(21-12-15-23-13-7-6-8-14-23)20-10-9-11-22-17(24)25-18(2,3)4/h5-15H2,1-4H3,(H,22,24)(H2,19,20,21). The third-order valence-corrected chi connectivity index (χ3v) is 3.79. The number of hydrogen-bond acceptors (Lipinski definition) is 4. The molecule has 1 fully saturated rings. The molecule has 146 valence electrons. The van der Waals surface area contributed by atoms with Gasteiger partial charge in [0, 0.05) is 32.7 Å². The Morgan fingerprint density at radius 3 is 2.44 bits per heavy atom. The third kappa shape index (κ3) is 11.6. The molecule has 0 spiro atoms. The number of hydrogen-bond donors (Lipinski definition) is 3. The zero-order valence-electron chi connectivity index (χ0n) is 16.5. The molecule has 0 aromatic rings. The minimum Gasteiger partial charge on any atom is -0.444 e. The number of aliphatic imine (C=N–C) groups is 1. The summed E-state index contributed by atoms with van der Waals surface area (Å²) in [7, 11) is 0. The lowest BCUT2D eigenvalue weighted by molar-refractivity contribution is 0.0527. The van der Waals surface area contributed by atoms with E-state index in [9.17, 15) is 4.79 Å². The zero-order valence-corrected chi connectivity index (χ0v) is 16.5. The smallest absolute Gasteiger partial charge is 0.407 e. The van der Waals surface area contributed by atoms with Crippen molar-refractivity contribution in [3.8, 4) is 0 Å². The molecule has 7 nitrogen and oxygen atoms in total. The van der Waals surface area contributed by atoms with E-state index in [4.69, 9.17) is 4.74 Å². The Morgan fingerprint density at radius 2 is 1.80 bits per heavy atom. The molecule has 1 amide bonds. The number of carbonyl (C=O) groups excluding carboxylic acids is 1. The van der Waals surface area contributed by atoms with Crippen molar-refractivity contribution in [3.63, 3.8) is 0 Å². The summed E-state index contributed by atoms with van der Waals surface area (Å²) in [5.41, 5.74) is -0.460. The molecule has 0 radical (unpaired) electrons. The second-order valence-electron chi connectivity index (χ2n) is 7.37. The van der Waals surface area contributed by atoms with Gasteiger partial charge in [-0.2, -0.15) is 0 Å². The molecule has 1 saturated heterocycles. The highest BCUT2D eigenvalue weighted by Gasteiger charge is 2.15. The van der Waals surface area contributed by atoms with E-state index in [1.807, 2.05) is 20.8 Å². The van der Waals surface area contributed by atoms with E-state index in [1.165, 1.54) is 32.4 Å². The highest BCUT2D eigenvalue weighted by molar-refractivity contribution is 5.79. The van der Waals surface area contributed by atoms with E-state index in [-0.39, 0.29) is 6.09 Å². The number of nitrogens with one attached hydrogen (secondary N) is 3. The van der Waals surface area contributed by atoms with Gasteiger partial charge in [0.2, 0.25) is 0 Å². The lowest BCUT2D eigenvalue weighted by Crippen LogP contribution is -2.42. The highest BCUT2D eigenvalue weighted by Crippen LogP contribution is 2.07. The number of rotatable bonds is 8. The molecule has 0 aromatic heterocycles. The average molecular weight is 356 g/mol. The molecule has 3 N–H and O–H groups in total. The fourth-order valence-electron chi connectivity index (χ4n) is 2.63. The molecule has 1 rings (SSSR count). The van der Waals surface area contributed by atoms with Crippen LogP contribution in [-0.2, 0) is 4.74 Å². The molecular formula is C18H37N5O2. The molecule has 1 aliphatic rings. The normalized spacial score (nSPS) is 16.4. The van der Waals surface area contributed by atoms with Gasteiger partial charge < -0.3 is 25.6 Å². The van der Waals surface area contributed by atoms with Crippen LogP contribution in [0.15, 0.2) is 4.99 Å². The summed E-state index contributed by atoms with van der Waals surface area (Å²) in [6.45, 7) is 14.1. The van der Waals surface area contributed by atoms with Crippen LogP contribution in [0.1, 0.15) is 53.4 Å². The fourth-order valence-corrected chi connectivity index (χ4v) is 2.63. The second kappa shape index (κ2) is 12.0. The molecule has 0 unspecified atom stereocenters. The Labute approximate surface area is 153 Å². The van der Waals surface area contributed by atoms with Crippen molar-refractivity contribution in [2.75, 3.05) is 45.8 Å². The summed E-state index contributed by atoms with van der Waals surface area (Å²) in [6, 6.07) is 0. The van der Waals surface area contributed by atoms with Crippen LogP contribution in [0.5, 0.6) is 0 Å². The maximum atomic E-state index is 11.6. The zero-order chi connectivity index (χ0) is 18.5. The van der Waals surface area contributed by atoms with Crippen LogP contribution >= 0.6 is 0 Å². The van der Waals surface area contributed by atoms with E-state index in [0.29, 0.717) is 13.1 Å². The van der Waals surface area contributed by atoms with E-state index >= 15 is 0 Å². The number of alkyl carbamates (subject to hydrolysis) is 1. The van der Waals surface area contributed by atoms with Crippen LogP contribution in [0.4, 0.5) is 4.79 Å². The molecule has 7 heteroatoms. The van der Waals surface area contributed by atoms with Gasteiger partial charge in [0.25, 0.3) is 0 Å². The maximum Gasteiger partial charge on any atom is 0.407 e. The minimum atomic E-state index is -0.460. The first-order valence-electron chi connectivity index (χ1n) is 9.62. The second-order valence-corrected chi connectivity index (χ2v) is 7.37. The third-order valence-electron chi connectivity index (χ3n) is 3.79. The van der Waals surface area contributed by atoms with E-state index in [1.54, 1.807) is 0 Å². The minimum absolute atomic E-state index is 0.372. The van der Waals surface area contributed by atoms with Crippen molar-refractivity contribution in [2.45, 2.75) is 59.0 Å². The largest absolute Gasteiger partial charge is 0.444 e. The Bertz CT molecular complexity index is 401. The summed E-state index contributed by atoms with van der Waals surface area (Å²) < 4.78 is 5.20. The lowest BCUT2D eigenvalue weighted by Gasteiger charge is -2.26. The van der Waals surface area contributed by atoms with Gasteiger partial charge in [-0.25, -0.2) is 4.79 Å². The van der Waals surface area contributed by atoms with Crippen molar-refractivity contribution >= 4 is 12.1 Å². The van der Waals surface area contributed by atoms with Crippen LogP contribution in [0, 0.1) is 0 Å². The molecule has 0 atom stereocenters. The van der Waals surface area contributed by atoms with Gasteiger partial charge in [0.1, 0.15) is 5.60 Å². The van der Waals surface area contributed by atoms with Gasteiger partial charge in [-0.3, -0.25) is 4.99 Å². The van der Waals surface area contributed by atoms with Gasteiger partial charge in [-0.1, -0.05) is 6.42 Å². The van der Waals surface area contributed by atoms with E-state index in [0.717, 1.165) is 32.0 Å². The van der Waals surface area contributed by atoms with Crippen LogP contribution in [-0.4, -0.2) is 68.4 Å². The van der Waals surface area contributed by atoms with Crippen LogP contribution < -0.4 is 16.0 Å². The van der Waals surface area contributed by atoms with Gasteiger partial charge in [0.05, 0.1) is 0 Å². The highest BCUT2D eigenvalue weighted by atomic mass is 16.6. The topological polar surface area (TPSA) is 78.0 Å². The molecule has 0 aliphatic carbocycles. The molecule has 0 saturated carbocycles. The van der Waals surface area contributed by atoms with Crippen molar-refractivity contribution in [1.82, 2.24) is 20.9 Å². The summed E-state index contributed by atoms with van der Waals surface area (Å²) in [6.07, 6.45) is 4.41. The van der Waals surface area contributed by atoms with Gasteiger partial charge in [-0.15, -0.1) is 0 Å². The number of likely N-dealkylation sites (tertiary alicyclic amines) is 1. The van der Waals surface area contributed by atoms with Crippen molar-refractivity contribution in [3.05, 3.63) is 0 Å². The SMILES string of the molecule is CCNC(=NCCCNC(=O)OC(C)(C)C)NCCN1CCCCC1. The number of piperidine rings is 1. The summed E-state index contributed by atoms with van der Waals surface area (Å²) in [4.78, 5) is 18.6. The molecule has 25 heavy (non-hydrogen) atoms. The molecule has 1 aliphatic heterocycles. The Kier molecular flexibility index (Phi) is 10.3. The Morgan fingerprint density at radius 1 is 1.08 bits per heavy atom. The Hall–Kier alpha value is -1.50. The monoisotopic (exact) mass is 355 g/mol. The molecule has 0 aromatic carbocycles. The van der Waals surface area contributed by atoms with E-state index < -0.39 is 5.60 Å². The van der Waals surface area contributed by atoms with Crippen LogP contribution in [0.25, 0.3) is 0 Å². The van der Waals surface area contributed by atoms with Gasteiger partial charge in [-0.05, 0) is 60.0 Å². The maximum absolute atomic E-state index is 11.6. The number of nitrogens with zero attached hydrogens (tertiary/aromatic N) is 2. The first-order chi connectivity index (χ1) is 11.9. The molecular weight excluding hydrogens is 318 g/mol. The predicted octanol–water partition coefficient (Wildman–Crippen LogP) is 1.94. The van der Waals surface area contributed by atoms with Crippen molar-refractivity contribution in [1.29, 1.82) is 0 Å². The fraction of sp³-hybridized carbons (Fsp3) is 0.889. The van der Waals surface area contributed by atoms with Crippen LogP contribution in [0.2, 0.25) is 0 Å². The van der Waals surface area contributed by atoms with Gasteiger partial charge >= 0.3 is 6.09 Å². The lowest BCUT2D eigenvalue weighted by atomic mass is 10.1. The summed E-state index contributed by atoms with van der Waals surface area (Å²) in [5, 5.41) is 9.40. The van der Waals surface area contributed by atoms with Gasteiger partial charge in [0.15, 0.2) is 5.96 Å². The van der Waals surface area contributed by atoms with Crippen LogP contribution in [0.3, 0.4) is 0 Å². The number of carbonyl (C=O) groups is 1. The van der Waals surface area contributed by atoms with E-state index in [2.05, 4.69) is 32.8 Å². The first kappa shape index (κ1) is 21.5. The number of ether oxygens (including phenoxy) is 1. The average Bonchev–Trinajstić information content (AvgIpc) is 2.54.